The number of allylic oxidation sites excluding steroid dienone is 1. The summed E-state index contributed by atoms with van der Waals surface area (Å²) in [7, 11) is 0. The normalized spacial score (nSPS) is 10.4. The maximum Gasteiger partial charge on any atom is 0.305 e. The van der Waals surface area contributed by atoms with Crippen LogP contribution in [0.5, 0.6) is 0 Å². The summed E-state index contributed by atoms with van der Waals surface area (Å²) in [6.45, 7) is 6.48. The average molecular weight is 268 g/mol. The van der Waals surface area contributed by atoms with Crippen molar-refractivity contribution in [2.45, 2.75) is 84.0 Å². The van der Waals surface area contributed by atoms with E-state index in [9.17, 15) is 4.79 Å². The Morgan fingerprint density at radius 1 is 0.947 bits per heavy atom. The van der Waals surface area contributed by atoms with Crippen LogP contribution in [0.15, 0.2) is 12.7 Å². The zero-order valence-corrected chi connectivity index (χ0v) is 12.8. The number of carbonyl (C=O) groups is 1. The van der Waals surface area contributed by atoms with Gasteiger partial charge in [-0.2, -0.15) is 0 Å². The number of unbranched alkanes of at least 4 members (excludes halogenated alkanes) is 9. The van der Waals surface area contributed by atoms with E-state index in [1.165, 1.54) is 38.5 Å². The zero-order valence-electron chi connectivity index (χ0n) is 12.8. The molecule has 0 N–H and O–H groups in total. The smallest absolute Gasteiger partial charge is 0.305 e. The van der Waals surface area contributed by atoms with Gasteiger partial charge in [-0.05, 0) is 25.7 Å². The van der Waals surface area contributed by atoms with E-state index in [1.807, 2.05) is 6.08 Å². The Hall–Kier alpha value is -0.790. The highest BCUT2D eigenvalue weighted by Gasteiger charge is 2.01. The van der Waals surface area contributed by atoms with Crippen molar-refractivity contribution >= 4 is 5.97 Å². The van der Waals surface area contributed by atoms with E-state index in [0.29, 0.717) is 13.0 Å². The van der Waals surface area contributed by atoms with Crippen LogP contribution in [0.25, 0.3) is 0 Å². The molecular weight excluding hydrogens is 236 g/mol. The van der Waals surface area contributed by atoms with Crippen LogP contribution in [-0.4, -0.2) is 12.6 Å². The Bertz CT molecular complexity index is 211. The Labute approximate surface area is 119 Å². The van der Waals surface area contributed by atoms with Gasteiger partial charge < -0.3 is 4.74 Å². The molecule has 112 valence electrons. The average Bonchev–Trinajstić information content (AvgIpc) is 2.41. The maximum absolute atomic E-state index is 11.3. The monoisotopic (exact) mass is 268 g/mol. The molecule has 0 saturated heterocycles. The molecule has 0 aromatic carbocycles. The van der Waals surface area contributed by atoms with Gasteiger partial charge in [-0.3, -0.25) is 4.79 Å². The van der Waals surface area contributed by atoms with Gasteiger partial charge in [-0.1, -0.05) is 57.9 Å². The Morgan fingerprint density at radius 3 is 2.21 bits per heavy atom. The quantitative estimate of drug-likeness (QED) is 0.239. The van der Waals surface area contributed by atoms with Crippen molar-refractivity contribution in [1.82, 2.24) is 0 Å². The number of rotatable bonds is 14. The predicted molar refractivity (Wildman–Crippen MR) is 82.2 cm³/mol. The minimum Gasteiger partial charge on any atom is -0.466 e. The number of hydrogen-bond donors (Lipinski definition) is 0. The molecule has 2 heteroatoms. The van der Waals surface area contributed by atoms with Crippen LogP contribution in [0, 0.1) is 0 Å². The highest BCUT2D eigenvalue weighted by molar-refractivity contribution is 5.69. The van der Waals surface area contributed by atoms with Gasteiger partial charge in [-0.15, -0.1) is 6.58 Å². The molecule has 0 heterocycles. The summed E-state index contributed by atoms with van der Waals surface area (Å²) in [4.78, 5) is 11.3. The Kier molecular flexibility index (Phi) is 14.6. The van der Waals surface area contributed by atoms with E-state index in [1.54, 1.807) is 0 Å². The topological polar surface area (TPSA) is 26.3 Å². The fourth-order valence-corrected chi connectivity index (χ4v) is 2.05. The molecule has 0 fully saturated rings. The largest absolute Gasteiger partial charge is 0.466 e. The molecule has 0 radical (unpaired) electrons. The van der Waals surface area contributed by atoms with Crippen molar-refractivity contribution in [2.24, 2.45) is 0 Å². The van der Waals surface area contributed by atoms with Crippen molar-refractivity contribution in [3.8, 4) is 0 Å². The van der Waals surface area contributed by atoms with Crippen molar-refractivity contribution in [1.29, 1.82) is 0 Å². The van der Waals surface area contributed by atoms with E-state index in [-0.39, 0.29) is 5.97 Å². The molecule has 0 rings (SSSR count). The second-order valence-corrected chi connectivity index (χ2v) is 5.23. The summed E-state index contributed by atoms with van der Waals surface area (Å²) in [6, 6.07) is 0. The third kappa shape index (κ3) is 15.2. The van der Waals surface area contributed by atoms with Crippen molar-refractivity contribution in [3.05, 3.63) is 12.7 Å². The second-order valence-electron chi connectivity index (χ2n) is 5.23. The molecule has 0 aromatic rings. The van der Waals surface area contributed by atoms with Gasteiger partial charge in [0.25, 0.3) is 0 Å². The molecule has 0 atom stereocenters. The minimum atomic E-state index is -0.0159. The van der Waals surface area contributed by atoms with Gasteiger partial charge in [0.2, 0.25) is 0 Å². The summed E-state index contributed by atoms with van der Waals surface area (Å²) in [5.74, 6) is -0.0159. The van der Waals surface area contributed by atoms with E-state index < -0.39 is 0 Å². The standard InChI is InChI=1S/C17H32O2/c1-3-5-7-8-9-10-11-12-14-16-19-17(18)15-13-6-4-2/h3H,1,4-16H2,2H3. The Balaban J connectivity index is 3.09. The Morgan fingerprint density at radius 2 is 1.58 bits per heavy atom. The second kappa shape index (κ2) is 15.3. The lowest BCUT2D eigenvalue weighted by molar-refractivity contribution is -0.143. The van der Waals surface area contributed by atoms with Gasteiger partial charge in [0.1, 0.15) is 0 Å². The lowest BCUT2D eigenvalue weighted by atomic mass is 10.1. The first-order valence-electron chi connectivity index (χ1n) is 8.07. The lowest BCUT2D eigenvalue weighted by Crippen LogP contribution is -2.05. The fraction of sp³-hybridized carbons (Fsp3) is 0.824. The summed E-state index contributed by atoms with van der Waals surface area (Å²) in [5, 5.41) is 0. The molecule has 0 bridgehead atoms. The molecule has 0 aliphatic carbocycles. The molecule has 0 amide bonds. The number of carbonyl (C=O) groups excluding carboxylic acids is 1. The first kappa shape index (κ1) is 18.2. The molecule has 0 aromatic heterocycles. The van der Waals surface area contributed by atoms with Crippen LogP contribution < -0.4 is 0 Å². The molecule has 0 saturated carbocycles. The van der Waals surface area contributed by atoms with Crippen LogP contribution in [-0.2, 0) is 9.53 Å². The van der Waals surface area contributed by atoms with E-state index >= 15 is 0 Å². The van der Waals surface area contributed by atoms with Gasteiger partial charge in [0.05, 0.1) is 6.61 Å². The molecule has 0 aliphatic heterocycles. The van der Waals surface area contributed by atoms with E-state index in [0.717, 1.165) is 32.1 Å². The van der Waals surface area contributed by atoms with Crippen LogP contribution >= 0.6 is 0 Å². The highest BCUT2D eigenvalue weighted by Crippen LogP contribution is 2.09. The van der Waals surface area contributed by atoms with Crippen LogP contribution in [0.4, 0.5) is 0 Å². The SMILES string of the molecule is C=CCCCCCCCCCOC(=O)CCCCC. The molecular formula is C17H32O2. The fourth-order valence-electron chi connectivity index (χ4n) is 2.05. The summed E-state index contributed by atoms with van der Waals surface area (Å²) in [6.07, 6.45) is 15.7. The first-order valence-corrected chi connectivity index (χ1v) is 8.07. The van der Waals surface area contributed by atoms with Gasteiger partial charge in [0.15, 0.2) is 0 Å². The number of esters is 1. The van der Waals surface area contributed by atoms with Gasteiger partial charge in [0, 0.05) is 6.42 Å². The zero-order chi connectivity index (χ0) is 14.2. The van der Waals surface area contributed by atoms with E-state index in [4.69, 9.17) is 4.74 Å². The van der Waals surface area contributed by atoms with E-state index in [2.05, 4.69) is 13.5 Å². The number of ether oxygens (including phenoxy) is 1. The highest BCUT2D eigenvalue weighted by atomic mass is 16.5. The maximum atomic E-state index is 11.3. The summed E-state index contributed by atoms with van der Waals surface area (Å²) >= 11 is 0. The molecule has 19 heavy (non-hydrogen) atoms. The molecule has 0 spiro atoms. The molecule has 2 nitrogen and oxygen atoms in total. The lowest BCUT2D eigenvalue weighted by Gasteiger charge is -2.04. The van der Waals surface area contributed by atoms with Crippen LogP contribution in [0.3, 0.4) is 0 Å². The number of hydrogen-bond acceptors (Lipinski definition) is 2. The van der Waals surface area contributed by atoms with Crippen LogP contribution in [0.2, 0.25) is 0 Å². The van der Waals surface area contributed by atoms with Crippen LogP contribution in [0.1, 0.15) is 84.0 Å². The third-order valence-electron chi connectivity index (χ3n) is 3.30. The van der Waals surface area contributed by atoms with Crippen molar-refractivity contribution in [2.75, 3.05) is 6.61 Å². The minimum absolute atomic E-state index is 0.0159. The van der Waals surface area contributed by atoms with Crippen molar-refractivity contribution in [3.63, 3.8) is 0 Å². The third-order valence-corrected chi connectivity index (χ3v) is 3.30. The van der Waals surface area contributed by atoms with Gasteiger partial charge in [-0.25, -0.2) is 0 Å². The molecule has 0 aliphatic rings. The van der Waals surface area contributed by atoms with Crippen molar-refractivity contribution < 1.29 is 9.53 Å². The predicted octanol–water partition coefficient (Wildman–Crippen LogP) is 5.42. The summed E-state index contributed by atoms with van der Waals surface area (Å²) in [5.41, 5.74) is 0. The van der Waals surface area contributed by atoms with Gasteiger partial charge >= 0.3 is 5.97 Å². The first-order chi connectivity index (χ1) is 9.31. The summed E-state index contributed by atoms with van der Waals surface area (Å²) < 4.78 is 5.20. The molecule has 0 unspecified atom stereocenters.